The van der Waals surface area contributed by atoms with E-state index in [1.165, 1.54) is 44.9 Å². The van der Waals surface area contributed by atoms with Crippen LogP contribution in [0.15, 0.2) is 0 Å². The minimum absolute atomic E-state index is 0.0170. The van der Waals surface area contributed by atoms with Gasteiger partial charge in [0.25, 0.3) is 0 Å². The van der Waals surface area contributed by atoms with Crippen LogP contribution in [0, 0.1) is 0 Å². The largest absolute Gasteiger partial charge is 0.396 e. The molecule has 26 heavy (non-hydrogen) atoms. The Kier molecular flexibility index (Phi) is 10.0. The Balaban J connectivity index is 1.86. The predicted octanol–water partition coefficient (Wildman–Crippen LogP) is 3.54. The van der Waals surface area contributed by atoms with E-state index in [-0.39, 0.29) is 18.7 Å². The summed E-state index contributed by atoms with van der Waals surface area (Å²) in [7, 11) is 0. The Labute approximate surface area is 158 Å². The normalized spacial score (nSPS) is 24.3. The molecule has 2 aliphatic rings. The molecule has 1 aliphatic carbocycles. The van der Waals surface area contributed by atoms with Gasteiger partial charge in [0, 0.05) is 25.2 Å². The molecule has 5 heteroatoms. The quantitative estimate of drug-likeness (QED) is 0.751. The van der Waals surface area contributed by atoms with Crippen LogP contribution in [0.1, 0.15) is 96.3 Å². The van der Waals surface area contributed by atoms with E-state index in [0.29, 0.717) is 13.0 Å². The van der Waals surface area contributed by atoms with Crippen LogP contribution in [-0.4, -0.2) is 47.1 Å². The molecule has 1 aliphatic heterocycles. The number of nitrogens with one attached hydrogen (secondary N) is 1. The van der Waals surface area contributed by atoms with Crippen LogP contribution in [0.4, 0.5) is 0 Å². The highest BCUT2D eigenvalue weighted by Gasteiger charge is 2.31. The minimum atomic E-state index is -0.438. The number of aliphatic hydroxyl groups is 1. The molecule has 1 unspecified atom stereocenters. The fourth-order valence-corrected chi connectivity index (χ4v) is 4.40. The lowest BCUT2D eigenvalue weighted by Crippen LogP contribution is -2.52. The maximum absolute atomic E-state index is 12.7. The fourth-order valence-electron chi connectivity index (χ4n) is 4.40. The second-order valence-corrected chi connectivity index (χ2v) is 8.09. The Bertz CT molecular complexity index is 413. The molecule has 2 rings (SSSR count). The van der Waals surface area contributed by atoms with Crippen molar-refractivity contribution in [2.24, 2.45) is 0 Å². The lowest BCUT2D eigenvalue weighted by molar-refractivity contribution is -0.149. The first kappa shape index (κ1) is 21.2. The van der Waals surface area contributed by atoms with Crippen LogP contribution in [-0.2, 0) is 9.59 Å². The number of piperidine rings is 1. The second-order valence-electron chi connectivity index (χ2n) is 8.09. The topological polar surface area (TPSA) is 69.6 Å². The summed E-state index contributed by atoms with van der Waals surface area (Å²) in [4.78, 5) is 26.9. The highest BCUT2D eigenvalue weighted by atomic mass is 16.3. The van der Waals surface area contributed by atoms with Crippen LogP contribution in [0.5, 0.6) is 0 Å². The first-order chi connectivity index (χ1) is 12.7. The van der Waals surface area contributed by atoms with Gasteiger partial charge in [0.1, 0.15) is 0 Å². The Morgan fingerprint density at radius 2 is 1.35 bits per heavy atom. The van der Waals surface area contributed by atoms with E-state index in [9.17, 15) is 14.7 Å². The molecule has 1 saturated carbocycles. The average Bonchev–Trinajstić information content (AvgIpc) is 2.64. The van der Waals surface area contributed by atoms with E-state index in [1.54, 1.807) is 4.90 Å². The first-order valence-corrected chi connectivity index (χ1v) is 10.9. The molecule has 0 aromatic carbocycles. The Hall–Kier alpha value is -1.10. The maximum atomic E-state index is 12.7. The highest BCUT2D eigenvalue weighted by Crippen LogP contribution is 2.20. The predicted molar refractivity (Wildman–Crippen MR) is 104 cm³/mol. The second kappa shape index (κ2) is 12.3. The number of nitrogens with zero attached hydrogens (tertiary/aromatic N) is 1. The van der Waals surface area contributed by atoms with Gasteiger partial charge in [-0.15, -0.1) is 0 Å². The SMILES string of the molecule is O=C(NC1CCCCCCCCCCC1)C(=O)N1CCCCC1CCO. The van der Waals surface area contributed by atoms with E-state index in [2.05, 4.69) is 5.32 Å². The van der Waals surface area contributed by atoms with Crippen LogP contribution < -0.4 is 5.32 Å². The number of hydrogen-bond acceptors (Lipinski definition) is 3. The summed E-state index contributed by atoms with van der Waals surface area (Å²) in [6.07, 6.45) is 16.8. The van der Waals surface area contributed by atoms with E-state index in [0.717, 1.165) is 44.9 Å². The van der Waals surface area contributed by atoms with Crippen molar-refractivity contribution in [3.05, 3.63) is 0 Å². The van der Waals surface area contributed by atoms with Gasteiger partial charge in [0.2, 0.25) is 0 Å². The average molecular weight is 367 g/mol. The lowest BCUT2D eigenvalue weighted by Gasteiger charge is -2.35. The van der Waals surface area contributed by atoms with Gasteiger partial charge in [-0.2, -0.15) is 0 Å². The summed E-state index contributed by atoms with van der Waals surface area (Å²) in [5.74, 6) is -0.832. The zero-order valence-electron chi connectivity index (χ0n) is 16.4. The van der Waals surface area contributed by atoms with Gasteiger partial charge >= 0.3 is 11.8 Å². The molecule has 0 aromatic rings. The number of rotatable bonds is 3. The van der Waals surface area contributed by atoms with E-state index < -0.39 is 11.8 Å². The molecule has 0 radical (unpaired) electrons. The molecular weight excluding hydrogens is 328 g/mol. The van der Waals surface area contributed by atoms with Gasteiger partial charge in [-0.1, -0.05) is 57.8 Å². The summed E-state index contributed by atoms with van der Waals surface area (Å²) in [5.41, 5.74) is 0. The zero-order valence-corrected chi connectivity index (χ0v) is 16.4. The summed E-state index contributed by atoms with van der Waals surface area (Å²) in [5, 5.41) is 12.3. The summed E-state index contributed by atoms with van der Waals surface area (Å²) >= 11 is 0. The van der Waals surface area contributed by atoms with Crippen molar-refractivity contribution in [1.29, 1.82) is 0 Å². The molecule has 5 nitrogen and oxygen atoms in total. The molecule has 2 fully saturated rings. The molecule has 150 valence electrons. The molecule has 0 bridgehead atoms. The third kappa shape index (κ3) is 7.26. The van der Waals surface area contributed by atoms with Crippen LogP contribution in [0.3, 0.4) is 0 Å². The lowest BCUT2D eigenvalue weighted by atomic mass is 9.97. The smallest absolute Gasteiger partial charge is 0.312 e. The summed E-state index contributed by atoms with van der Waals surface area (Å²) < 4.78 is 0. The number of amides is 2. The van der Waals surface area contributed by atoms with Crippen molar-refractivity contribution in [3.63, 3.8) is 0 Å². The van der Waals surface area contributed by atoms with Gasteiger partial charge in [0.05, 0.1) is 0 Å². The molecular formula is C21H38N2O3. The molecule has 2 N–H and O–H groups in total. The van der Waals surface area contributed by atoms with Gasteiger partial charge in [-0.05, 0) is 38.5 Å². The summed E-state index contributed by atoms with van der Waals surface area (Å²) in [6, 6.07) is 0.148. The molecule has 0 spiro atoms. The Morgan fingerprint density at radius 1 is 0.808 bits per heavy atom. The van der Waals surface area contributed by atoms with Crippen molar-refractivity contribution in [2.45, 2.75) is 108 Å². The van der Waals surface area contributed by atoms with Gasteiger partial charge in [-0.3, -0.25) is 9.59 Å². The van der Waals surface area contributed by atoms with Crippen LogP contribution in [0.25, 0.3) is 0 Å². The highest BCUT2D eigenvalue weighted by molar-refractivity contribution is 6.35. The first-order valence-electron chi connectivity index (χ1n) is 10.9. The van der Waals surface area contributed by atoms with Crippen molar-refractivity contribution in [2.75, 3.05) is 13.2 Å². The van der Waals surface area contributed by atoms with Crippen LogP contribution in [0.2, 0.25) is 0 Å². The minimum Gasteiger partial charge on any atom is -0.396 e. The van der Waals surface area contributed by atoms with E-state index in [1.807, 2.05) is 0 Å². The summed E-state index contributed by atoms with van der Waals surface area (Å²) in [6.45, 7) is 0.709. The fraction of sp³-hybridized carbons (Fsp3) is 0.905. The third-order valence-corrected chi connectivity index (χ3v) is 5.98. The Morgan fingerprint density at radius 3 is 1.92 bits per heavy atom. The van der Waals surface area contributed by atoms with Gasteiger partial charge < -0.3 is 15.3 Å². The number of hydrogen-bond donors (Lipinski definition) is 2. The number of carbonyl (C=O) groups is 2. The standard InChI is InChI=1S/C21H38N2O3/c24-17-15-19-14-10-11-16-23(19)21(26)20(25)22-18-12-8-6-4-2-1-3-5-7-9-13-18/h18-19,24H,1-17H2,(H,22,25). The van der Waals surface area contributed by atoms with Crippen molar-refractivity contribution in [1.82, 2.24) is 10.2 Å². The maximum Gasteiger partial charge on any atom is 0.312 e. The van der Waals surface area contributed by atoms with Crippen molar-refractivity contribution >= 4 is 11.8 Å². The molecule has 2 amide bonds. The van der Waals surface area contributed by atoms with Gasteiger partial charge in [-0.25, -0.2) is 0 Å². The number of carbonyl (C=O) groups excluding carboxylic acids is 2. The van der Waals surface area contributed by atoms with E-state index in [4.69, 9.17) is 0 Å². The van der Waals surface area contributed by atoms with Crippen molar-refractivity contribution in [3.8, 4) is 0 Å². The number of aliphatic hydroxyl groups excluding tert-OH is 1. The van der Waals surface area contributed by atoms with Crippen molar-refractivity contribution < 1.29 is 14.7 Å². The van der Waals surface area contributed by atoms with Gasteiger partial charge in [0.15, 0.2) is 0 Å². The third-order valence-electron chi connectivity index (χ3n) is 5.98. The molecule has 0 aromatic heterocycles. The monoisotopic (exact) mass is 366 g/mol. The molecule has 1 saturated heterocycles. The molecule has 1 atom stereocenters. The molecule has 1 heterocycles. The van der Waals surface area contributed by atoms with Crippen LogP contribution >= 0.6 is 0 Å². The zero-order chi connectivity index (χ0) is 18.6. The number of likely N-dealkylation sites (tertiary alicyclic amines) is 1. The van der Waals surface area contributed by atoms with E-state index >= 15 is 0 Å².